The topological polar surface area (TPSA) is 106 Å². The van der Waals surface area contributed by atoms with Crippen LogP contribution in [0.2, 0.25) is 0 Å². The summed E-state index contributed by atoms with van der Waals surface area (Å²) in [6.07, 6.45) is 56.7. The van der Waals surface area contributed by atoms with Crippen LogP contribution in [0.15, 0.2) is 48.5 Å². The smallest absolute Gasteiger partial charge is 0.204 e. The molecule has 0 amide bonds. The highest BCUT2D eigenvalue weighted by Crippen LogP contribution is 2.47. The molecule has 114 heavy (non-hydrogen) atoms. The Kier molecular flexibility index (Phi) is 43.1. The van der Waals surface area contributed by atoms with Gasteiger partial charge in [-0.1, -0.05) is 324 Å². The Morgan fingerprint density at radius 1 is 0.228 bits per heavy atom. The van der Waals surface area contributed by atoms with E-state index in [-0.39, 0.29) is 68.8 Å². The quantitative estimate of drug-likeness (QED) is 0.0199. The zero-order chi connectivity index (χ0) is 80.9. The number of ether oxygens (including phenoxy) is 5. The lowest BCUT2D eigenvalue weighted by molar-refractivity contribution is 0.234. The van der Waals surface area contributed by atoms with Crippen LogP contribution >= 0.6 is 0 Å². The van der Waals surface area contributed by atoms with Crippen LogP contribution in [0.25, 0.3) is 78.6 Å². The molecule has 0 unspecified atom stereocenters. The van der Waals surface area contributed by atoms with Crippen molar-refractivity contribution in [1.29, 1.82) is 0 Å². The fraction of sp³-hybridized carbons (Fsp3) is 0.619. The van der Waals surface area contributed by atoms with Crippen LogP contribution in [0.5, 0.6) is 28.7 Å². The molecule has 7 aromatic rings. The van der Waals surface area contributed by atoms with Crippen LogP contribution in [0.1, 0.15) is 367 Å². The summed E-state index contributed by atoms with van der Waals surface area (Å²) in [5, 5.41) is 0. The average molecular weight is 1590 g/mol. The van der Waals surface area contributed by atoms with E-state index in [1.165, 1.54) is 197 Å². The predicted molar refractivity (Wildman–Crippen MR) is 458 cm³/mol. The maximum atomic E-state index is 17.4. The van der Waals surface area contributed by atoms with Crippen molar-refractivity contribution in [3.63, 3.8) is 0 Å². The number of rotatable bonds is 63. The Hall–Kier alpha value is -7.17. The van der Waals surface area contributed by atoms with E-state index in [1.807, 2.05) is 12.1 Å². The van der Waals surface area contributed by atoms with E-state index >= 15 is 35.1 Å². The van der Waals surface area contributed by atoms with Crippen molar-refractivity contribution < 1.29 is 58.8 Å². The number of hydrogen-bond donors (Lipinski definition) is 3. The monoisotopic (exact) mass is 1590 g/mol. The third-order valence-corrected chi connectivity index (χ3v) is 22.6. The summed E-state index contributed by atoms with van der Waals surface area (Å²) in [6.45, 7) is 11.8. The van der Waals surface area contributed by atoms with E-state index in [9.17, 15) is 0 Å². The fourth-order valence-corrected chi connectivity index (χ4v) is 15.8. The van der Waals surface area contributed by atoms with Crippen LogP contribution in [-0.2, 0) is 0 Å². The molecule has 0 fully saturated rings. The van der Waals surface area contributed by atoms with Gasteiger partial charge < -0.3 is 38.6 Å². The van der Waals surface area contributed by atoms with Gasteiger partial charge in [0.2, 0.25) is 29.0 Å². The van der Waals surface area contributed by atoms with Crippen molar-refractivity contribution in [1.82, 2.24) is 19.9 Å². The molecule has 0 saturated heterocycles. The number of halogens is 8. The SMILES string of the molecule is CCCCCCCCCCCCOc1cc(-c2c3ccc([nH]3)c(-c3c(F)c(F)c(OCCCCCCCCCCCC)c(F)c3F)c3nc(c4ccc([nH]4)c(-c4c(F)c(F)c(OCCCCCCCCCCCC)c(F)c4F)c4ccc2[nH]4)C=C3)cc(OCCCCCCCCCCCC)c1OCCCCCCCCCCCC. The lowest BCUT2D eigenvalue weighted by Gasteiger charge is -2.19. The molecule has 9 nitrogen and oxygen atoms in total. The second-order valence-corrected chi connectivity index (χ2v) is 32.1. The molecule has 0 aliphatic carbocycles. The van der Waals surface area contributed by atoms with E-state index in [0.29, 0.717) is 73.9 Å². The highest BCUT2D eigenvalue weighted by atomic mass is 19.2. The second kappa shape index (κ2) is 53.2. The maximum absolute atomic E-state index is 17.4. The Morgan fingerprint density at radius 3 is 0.763 bits per heavy atom. The van der Waals surface area contributed by atoms with Crippen LogP contribution in [0.4, 0.5) is 35.1 Å². The zero-order valence-electron chi connectivity index (χ0n) is 70.2. The first-order chi connectivity index (χ1) is 55.9. The lowest BCUT2D eigenvalue weighted by Crippen LogP contribution is -2.08. The molecule has 3 aromatic carbocycles. The van der Waals surface area contributed by atoms with Gasteiger partial charge in [0.25, 0.3) is 0 Å². The zero-order valence-corrected chi connectivity index (χ0v) is 70.2. The molecule has 0 saturated carbocycles. The first-order valence-corrected chi connectivity index (χ1v) is 45.3. The number of H-pyrrole nitrogens is 3. The number of aromatic amines is 3. The minimum Gasteiger partial charge on any atom is -0.490 e. The number of fused-ring (bicyclic) bond motifs is 9. The number of nitrogens with zero attached hydrogens (tertiary/aromatic N) is 1. The normalized spacial score (nSPS) is 11.9. The third-order valence-electron chi connectivity index (χ3n) is 22.6. The molecule has 8 bridgehead atoms. The fourth-order valence-electron chi connectivity index (χ4n) is 15.8. The van der Waals surface area contributed by atoms with E-state index in [2.05, 4.69) is 49.6 Å². The van der Waals surface area contributed by atoms with Crippen LogP contribution in [0.3, 0.4) is 0 Å². The minimum absolute atomic E-state index is 0.000685. The van der Waals surface area contributed by atoms with Crippen LogP contribution in [0, 0.1) is 46.5 Å². The molecule has 1 aliphatic rings. The van der Waals surface area contributed by atoms with Gasteiger partial charge in [-0.25, -0.2) is 22.5 Å². The Morgan fingerprint density at radius 2 is 0.456 bits per heavy atom. The van der Waals surface area contributed by atoms with Gasteiger partial charge in [-0.15, -0.1) is 0 Å². The molecule has 4 aromatic heterocycles. The minimum atomic E-state index is -1.71. The van der Waals surface area contributed by atoms with Gasteiger partial charge >= 0.3 is 0 Å². The summed E-state index contributed by atoms with van der Waals surface area (Å²) in [4.78, 5) is 14.8. The first-order valence-electron chi connectivity index (χ1n) is 45.3. The maximum Gasteiger partial charge on any atom is 0.204 e. The molecule has 0 spiro atoms. The summed E-state index contributed by atoms with van der Waals surface area (Å²) in [5.41, 5.74) is -1.13. The average Bonchev–Trinajstić information content (AvgIpc) is 1.46. The highest BCUT2D eigenvalue weighted by Gasteiger charge is 2.33. The van der Waals surface area contributed by atoms with Crippen molar-refractivity contribution in [2.75, 3.05) is 33.0 Å². The molecule has 8 rings (SSSR count). The van der Waals surface area contributed by atoms with Crippen molar-refractivity contribution in [3.8, 4) is 62.1 Å². The van der Waals surface area contributed by atoms with E-state index in [0.717, 1.165) is 128 Å². The molecule has 632 valence electrons. The number of benzene rings is 3. The van der Waals surface area contributed by atoms with E-state index in [4.69, 9.17) is 28.7 Å². The van der Waals surface area contributed by atoms with Crippen molar-refractivity contribution in [2.45, 2.75) is 356 Å². The molecular formula is C97H138F8N4O5. The summed E-state index contributed by atoms with van der Waals surface area (Å²) >= 11 is 0. The Labute approximate surface area is 677 Å². The Balaban J connectivity index is 1.28. The summed E-state index contributed by atoms with van der Waals surface area (Å²) in [7, 11) is 0. The van der Waals surface area contributed by atoms with E-state index in [1.54, 1.807) is 18.2 Å². The molecule has 17 heteroatoms. The van der Waals surface area contributed by atoms with Gasteiger partial charge in [-0.05, 0) is 98.4 Å². The summed E-state index contributed by atoms with van der Waals surface area (Å²) in [6, 6.07) is 13.1. The molecule has 0 atom stereocenters. The van der Waals surface area contributed by atoms with Gasteiger partial charge in [0.05, 0.1) is 61.1 Å². The predicted octanol–water partition coefficient (Wildman–Crippen LogP) is 32.3. The van der Waals surface area contributed by atoms with Crippen molar-refractivity contribution in [2.24, 2.45) is 0 Å². The van der Waals surface area contributed by atoms with Gasteiger partial charge in [-0.2, -0.15) is 17.6 Å². The Bertz CT molecular complexity index is 3980. The molecular weight excluding hydrogens is 1450 g/mol. The highest BCUT2D eigenvalue weighted by molar-refractivity contribution is 6.01. The largest absolute Gasteiger partial charge is 0.490 e. The van der Waals surface area contributed by atoms with Gasteiger partial charge in [0.15, 0.2) is 46.3 Å². The van der Waals surface area contributed by atoms with E-state index < -0.39 is 69.2 Å². The van der Waals surface area contributed by atoms with Gasteiger partial charge in [0, 0.05) is 44.3 Å². The number of nitrogens with one attached hydrogen (secondary N) is 3. The molecule has 3 N–H and O–H groups in total. The lowest BCUT2D eigenvalue weighted by atomic mass is 10.0. The molecule has 1 aliphatic heterocycles. The standard InChI is InChI=1S/C97H138F8N4O5/c1-6-11-16-21-26-31-36-41-46-51-64-110-80-69-71(70-81(111-65-52-47-42-37-32-27-22-17-12-7-2)95(80)112-66-53-48-43-38-33-28-23-18-13-8-3)82-74-60-62-78(108-74)83(85-87(98)91(102)96(92(103)88(85)99)113-67-54-49-44-39-34-29-24-19-14-9-4)76-58-56-72(106-76)73-57-59-77(107-73)84(79-63-61-75(82)109-79)86-89(100)93(104)97(94(105)90(86)101)114-68-55-50-45-40-35-30-25-20-15-10-5/h56-63,69-70,106,108-109H,6-55,64-68H2,1-5H3. The van der Waals surface area contributed by atoms with Crippen LogP contribution < -0.4 is 23.7 Å². The number of aromatic nitrogens is 4. The second-order valence-electron chi connectivity index (χ2n) is 32.1. The summed E-state index contributed by atoms with van der Waals surface area (Å²) < 4.78 is 169. The van der Waals surface area contributed by atoms with Gasteiger partial charge in [0.1, 0.15) is 0 Å². The first kappa shape index (κ1) is 92.3. The number of unbranched alkanes of at least 4 members (excludes halogenated alkanes) is 45. The summed E-state index contributed by atoms with van der Waals surface area (Å²) in [5.74, 6) is -14.8. The molecule has 0 radical (unpaired) electrons. The van der Waals surface area contributed by atoms with Gasteiger partial charge in [-0.3, -0.25) is 0 Å². The third kappa shape index (κ3) is 28.9. The van der Waals surface area contributed by atoms with Crippen molar-refractivity contribution in [3.05, 3.63) is 106 Å². The molecule has 5 heterocycles. The number of hydrogen-bond acceptors (Lipinski definition) is 6. The van der Waals surface area contributed by atoms with Crippen molar-refractivity contribution >= 4 is 45.3 Å². The van der Waals surface area contributed by atoms with Crippen LogP contribution in [-0.4, -0.2) is 53.0 Å².